The van der Waals surface area contributed by atoms with E-state index in [0.29, 0.717) is 12.8 Å². The summed E-state index contributed by atoms with van der Waals surface area (Å²) in [5.74, 6) is 5.84. The third kappa shape index (κ3) is 4.45. The fourth-order valence-corrected chi connectivity index (χ4v) is 2.48. The summed E-state index contributed by atoms with van der Waals surface area (Å²) in [5.41, 5.74) is 3.50. The van der Waals surface area contributed by atoms with Gasteiger partial charge in [0.05, 0.1) is 17.5 Å². The second-order valence-corrected chi connectivity index (χ2v) is 6.48. The van der Waals surface area contributed by atoms with Crippen LogP contribution in [0, 0.1) is 0 Å². The van der Waals surface area contributed by atoms with Crippen LogP contribution in [0.3, 0.4) is 0 Å². The van der Waals surface area contributed by atoms with Crippen molar-refractivity contribution in [3.05, 3.63) is 18.0 Å². The average molecular weight is 260 g/mol. The fourth-order valence-electron chi connectivity index (χ4n) is 1.59. The van der Waals surface area contributed by atoms with E-state index in [1.54, 1.807) is 11.6 Å². The minimum absolute atomic E-state index is 0.0942. The van der Waals surface area contributed by atoms with Gasteiger partial charge < -0.3 is 0 Å². The minimum Gasteiger partial charge on any atom is -0.275 e. The molecule has 1 aromatic rings. The molecule has 0 bridgehead atoms. The second kappa shape index (κ2) is 6.13. The zero-order valence-corrected chi connectivity index (χ0v) is 11.1. The first-order valence-corrected chi connectivity index (χ1v) is 7.46. The molecule has 0 saturated carbocycles. The summed E-state index contributed by atoms with van der Waals surface area (Å²) in [7, 11) is -1.06. The van der Waals surface area contributed by atoms with Crippen molar-refractivity contribution < 1.29 is 8.42 Å². The highest BCUT2D eigenvalue weighted by molar-refractivity contribution is 7.91. The van der Waals surface area contributed by atoms with Crippen LogP contribution in [-0.2, 0) is 16.9 Å². The SMILES string of the molecule is CCS(=O)(=O)CCCC(NN)c1ccn(C)n1. The van der Waals surface area contributed by atoms with Gasteiger partial charge in [-0.15, -0.1) is 0 Å². The van der Waals surface area contributed by atoms with E-state index in [1.807, 2.05) is 19.3 Å². The van der Waals surface area contributed by atoms with Crippen molar-refractivity contribution in [2.75, 3.05) is 11.5 Å². The van der Waals surface area contributed by atoms with Crippen molar-refractivity contribution in [3.8, 4) is 0 Å². The molecule has 1 aromatic heterocycles. The van der Waals surface area contributed by atoms with Crippen molar-refractivity contribution in [1.82, 2.24) is 15.2 Å². The van der Waals surface area contributed by atoms with E-state index in [9.17, 15) is 8.42 Å². The topological polar surface area (TPSA) is 90.0 Å². The normalized spacial score (nSPS) is 13.8. The molecule has 0 saturated heterocycles. The van der Waals surface area contributed by atoms with Gasteiger partial charge in [0.1, 0.15) is 9.84 Å². The Morgan fingerprint density at radius 3 is 2.76 bits per heavy atom. The first kappa shape index (κ1) is 14.1. The van der Waals surface area contributed by atoms with Crippen molar-refractivity contribution >= 4 is 9.84 Å². The molecule has 6 nitrogen and oxygen atoms in total. The lowest BCUT2D eigenvalue weighted by molar-refractivity contribution is 0.490. The molecule has 0 aliphatic heterocycles. The summed E-state index contributed by atoms with van der Waals surface area (Å²) in [4.78, 5) is 0. The molecule has 0 aliphatic rings. The molecule has 0 fully saturated rings. The van der Waals surface area contributed by atoms with E-state index < -0.39 is 9.84 Å². The number of hydrogen-bond donors (Lipinski definition) is 2. The molecule has 0 aliphatic carbocycles. The number of aryl methyl sites for hydroxylation is 1. The van der Waals surface area contributed by atoms with Crippen LogP contribution in [0.2, 0.25) is 0 Å². The Morgan fingerprint density at radius 1 is 1.59 bits per heavy atom. The van der Waals surface area contributed by atoms with Crippen LogP contribution < -0.4 is 11.3 Å². The molecule has 0 radical (unpaired) electrons. The summed E-state index contributed by atoms with van der Waals surface area (Å²) in [6.45, 7) is 1.66. The van der Waals surface area contributed by atoms with Crippen LogP contribution in [0.4, 0.5) is 0 Å². The molecular weight excluding hydrogens is 240 g/mol. The molecule has 1 rings (SSSR count). The van der Waals surface area contributed by atoms with E-state index in [2.05, 4.69) is 10.5 Å². The Balaban J connectivity index is 2.49. The van der Waals surface area contributed by atoms with E-state index in [1.165, 1.54) is 0 Å². The number of nitrogens with zero attached hydrogens (tertiary/aromatic N) is 2. The molecule has 17 heavy (non-hydrogen) atoms. The second-order valence-electron chi connectivity index (χ2n) is 4.01. The molecular formula is C10H20N4O2S. The predicted molar refractivity (Wildman–Crippen MR) is 66.8 cm³/mol. The maximum atomic E-state index is 11.3. The van der Waals surface area contributed by atoms with Gasteiger partial charge >= 0.3 is 0 Å². The summed E-state index contributed by atoms with van der Waals surface area (Å²) in [6, 6.07) is 1.78. The molecule has 1 heterocycles. The third-order valence-electron chi connectivity index (χ3n) is 2.68. The summed E-state index contributed by atoms with van der Waals surface area (Å²) in [6.07, 6.45) is 3.08. The minimum atomic E-state index is -2.89. The first-order chi connectivity index (χ1) is 7.98. The van der Waals surface area contributed by atoms with Crippen LogP contribution in [0.25, 0.3) is 0 Å². The van der Waals surface area contributed by atoms with Crippen LogP contribution in [0.15, 0.2) is 12.3 Å². The highest BCUT2D eigenvalue weighted by Crippen LogP contribution is 2.15. The fraction of sp³-hybridized carbons (Fsp3) is 0.700. The zero-order valence-electron chi connectivity index (χ0n) is 10.3. The van der Waals surface area contributed by atoms with Crippen LogP contribution in [0.1, 0.15) is 31.5 Å². The van der Waals surface area contributed by atoms with E-state index in [0.717, 1.165) is 5.69 Å². The first-order valence-electron chi connectivity index (χ1n) is 5.64. The maximum absolute atomic E-state index is 11.3. The van der Waals surface area contributed by atoms with Crippen molar-refractivity contribution in [2.45, 2.75) is 25.8 Å². The Labute approximate surface area is 102 Å². The van der Waals surface area contributed by atoms with Crippen LogP contribution in [-0.4, -0.2) is 29.7 Å². The lowest BCUT2D eigenvalue weighted by atomic mass is 10.1. The van der Waals surface area contributed by atoms with E-state index in [-0.39, 0.29) is 17.5 Å². The highest BCUT2D eigenvalue weighted by atomic mass is 32.2. The van der Waals surface area contributed by atoms with Gasteiger partial charge in [0.15, 0.2) is 0 Å². The monoisotopic (exact) mass is 260 g/mol. The van der Waals surface area contributed by atoms with Crippen LogP contribution >= 0.6 is 0 Å². The number of nitrogens with one attached hydrogen (secondary N) is 1. The molecule has 0 spiro atoms. The number of hydrogen-bond acceptors (Lipinski definition) is 5. The third-order valence-corrected chi connectivity index (χ3v) is 4.47. The molecule has 1 atom stereocenters. The highest BCUT2D eigenvalue weighted by Gasteiger charge is 2.14. The Morgan fingerprint density at radius 2 is 2.29 bits per heavy atom. The number of hydrazine groups is 1. The van der Waals surface area contributed by atoms with Crippen LogP contribution in [0.5, 0.6) is 0 Å². The molecule has 0 amide bonds. The van der Waals surface area contributed by atoms with Crippen molar-refractivity contribution in [2.24, 2.45) is 12.9 Å². The summed E-state index contributed by atoms with van der Waals surface area (Å²) < 4.78 is 24.4. The zero-order chi connectivity index (χ0) is 12.9. The summed E-state index contributed by atoms with van der Waals surface area (Å²) >= 11 is 0. The number of aromatic nitrogens is 2. The molecule has 3 N–H and O–H groups in total. The maximum Gasteiger partial charge on any atom is 0.150 e. The van der Waals surface area contributed by atoms with Crippen molar-refractivity contribution in [1.29, 1.82) is 0 Å². The van der Waals surface area contributed by atoms with Gasteiger partial charge in [-0.2, -0.15) is 5.10 Å². The molecule has 1 unspecified atom stereocenters. The Kier molecular flexibility index (Phi) is 5.10. The molecule has 98 valence electrons. The summed E-state index contributed by atoms with van der Waals surface area (Å²) in [5, 5.41) is 4.24. The Hall–Kier alpha value is -0.920. The van der Waals surface area contributed by atoms with Gasteiger partial charge in [-0.05, 0) is 18.9 Å². The van der Waals surface area contributed by atoms with Gasteiger partial charge in [0, 0.05) is 19.0 Å². The lowest BCUT2D eigenvalue weighted by Gasteiger charge is -2.12. The Bertz CT molecular complexity index is 441. The standard InChI is InChI=1S/C10H20N4O2S/c1-3-17(15,16)8-4-5-9(12-11)10-6-7-14(2)13-10/h6-7,9,12H,3-5,8,11H2,1-2H3. The lowest BCUT2D eigenvalue weighted by Crippen LogP contribution is -2.29. The predicted octanol–water partition coefficient (Wildman–Crippen LogP) is 0.139. The van der Waals surface area contributed by atoms with Gasteiger partial charge in [-0.25, -0.2) is 8.42 Å². The number of sulfone groups is 1. The van der Waals surface area contributed by atoms with E-state index in [4.69, 9.17) is 5.84 Å². The largest absolute Gasteiger partial charge is 0.275 e. The number of nitrogens with two attached hydrogens (primary N) is 1. The quantitative estimate of drug-likeness (QED) is 0.537. The van der Waals surface area contributed by atoms with Gasteiger partial charge in [-0.3, -0.25) is 16.0 Å². The average Bonchev–Trinajstić information content (AvgIpc) is 2.71. The number of rotatable bonds is 7. The van der Waals surface area contributed by atoms with E-state index >= 15 is 0 Å². The molecule has 0 aromatic carbocycles. The van der Waals surface area contributed by atoms with Gasteiger partial charge in [0.25, 0.3) is 0 Å². The van der Waals surface area contributed by atoms with Gasteiger partial charge in [0.2, 0.25) is 0 Å². The smallest absolute Gasteiger partial charge is 0.150 e. The molecule has 7 heteroatoms. The van der Waals surface area contributed by atoms with Gasteiger partial charge in [-0.1, -0.05) is 6.92 Å². The van der Waals surface area contributed by atoms with Crippen molar-refractivity contribution in [3.63, 3.8) is 0 Å².